The maximum atomic E-state index is 8.48. The Morgan fingerprint density at radius 1 is 1.04 bits per heavy atom. The highest BCUT2D eigenvalue weighted by Crippen LogP contribution is 2.12. The van der Waals surface area contributed by atoms with Gasteiger partial charge in [-0.2, -0.15) is 4.68 Å². The van der Waals surface area contributed by atoms with E-state index in [1.165, 1.54) is 4.68 Å². The van der Waals surface area contributed by atoms with Gasteiger partial charge in [0.05, 0.1) is 17.9 Å². The maximum absolute atomic E-state index is 8.48. The van der Waals surface area contributed by atoms with Crippen LogP contribution in [0.1, 0.15) is 25.1 Å². The summed E-state index contributed by atoms with van der Waals surface area (Å²) in [6.45, 7) is 4.94. The Balaban J connectivity index is 1.87. The molecule has 3 rings (SSSR count). The molecule has 144 valence electrons. The second-order valence-electron chi connectivity index (χ2n) is 6.76. The van der Waals surface area contributed by atoms with Gasteiger partial charge in [0.15, 0.2) is 5.49 Å². The molecule has 7 nitrogen and oxygen atoms in total. The third kappa shape index (κ3) is 4.82. The fourth-order valence-electron chi connectivity index (χ4n) is 2.62. The van der Waals surface area contributed by atoms with E-state index in [4.69, 9.17) is 10.8 Å². The van der Waals surface area contributed by atoms with Crippen LogP contribution < -0.4 is 16.1 Å². The zero-order chi connectivity index (χ0) is 19.9. The van der Waals surface area contributed by atoms with Crippen molar-refractivity contribution in [2.24, 2.45) is 5.92 Å². The Kier molecular flexibility index (Phi) is 6.16. The van der Waals surface area contributed by atoms with Gasteiger partial charge in [0.2, 0.25) is 0 Å². The van der Waals surface area contributed by atoms with E-state index in [1.54, 1.807) is 12.3 Å². The Morgan fingerprint density at radius 2 is 1.79 bits per heavy atom. The van der Waals surface area contributed by atoms with Crippen molar-refractivity contribution in [3.63, 3.8) is 0 Å². The van der Waals surface area contributed by atoms with Crippen molar-refractivity contribution in [3.05, 3.63) is 77.5 Å². The molecule has 0 unspecified atom stereocenters. The van der Waals surface area contributed by atoms with E-state index in [0.29, 0.717) is 24.6 Å². The van der Waals surface area contributed by atoms with Gasteiger partial charge >= 0.3 is 0 Å². The van der Waals surface area contributed by atoms with Crippen molar-refractivity contribution in [1.29, 1.82) is 10.8 Å². The van der Waals surface area contributed by atoms with Crippen LogP contribution in [0.15, 0.2) is 60.8 Å². The first-order valence-electron chi connectivity index (χ1n) is 9.24. The third-order valence-corrected chi connectivity index (χ3v) is 4.23. The fraction of sp³-hybridized carbons (Fsp3) is 0.238. The van der Waals surface area contributed by atoms with Gasteiger partial charge in [-0.15, -0.1) is 5.10 Å². The minimum absolute atomic E-state index is 0.0467. The molecule has 0 saturated heterocycles. The molecule has 0 fully saturated rings. The molecule has 0 amide bonds. The molecule has 3 aromatic rings. The summed E-state index contributed by atoms with van der Waals surface area (Å²) in [4.78, 5) is 4.30. The van der Waals surface area contributed by atoms with Crippen molar-refractivity contribution in [3.8, 4) is 0 Å². The van der Waals surface area contributed by atoms with Crippen molar-refractivity contribution < 1.29 is 0 Å². The maximum Gasteiger partial charge on any atom is 0.171 e. The number of hydrogen-bond donors (Lipinski definition) is 4. The van der Waals surface area contributed by atoms with Crippen molar-refractivity contribution in [2.45, 2.75) is 26.9 Å². The van der Waals surface area contributed by atoms with Gasteiger partial charge in [-0.3, -0.25) is 15.8 Å². The average molecular weight is 375 g/mol. The molecular formula is C21H25N7. The number of aromatic nitrogens is 3. The van der Waals surface area contributed by atoms with Gasteiger partial charge in [-0.25, -0.2) is 0 Å². The first kappa shape index (κ1) is 19.3. The predicted molar refractivity (Wildman–Crippen MR) is 111 cm³/mol. The molecule has 0 bridgehead atoms. The molecule has 4 N–H and O–H groups in total. The normalized spacial score (nSPS) is 10.7. The van der Waals surface area contributed by atoms with E-state index in [9.17, 15) is 0 Å². The zero-order valence-electron chi connectivity index (χ0n) is 16.1. The first-order chi connectivity index (χ1) is 13.5. The summed E-state index contributed by atoms with van der Waals surface area (Å²) >= 11 is 0. The summed E-state index contributed by atoms with van der Waals surface area (Å²) in [7, 11) is 0. The van der Waals surface area contributed by atoms with Crippen LogP contribution in [0.3, 0.4) is 0 Å². The van der Waals surface area contributed by atoms with Crippen LogP contribution in [0.2, 0.25) is 0 Å². The van der Waals surface area contributed by atoms with Gasteiger partial charge < -0.3 is 10.6 Å². The van der Waals surface area contributed by atoms with Crippen LogP contribution in [0.25, 0.3) is 0 Å². The summed E-state index contributed by atoms with van der Waals surface area (Å²) in [5, 5.41) is 27.8. The molecule has 0 radical (unpaired) electrons. The molecule has 2 heterocycles. The van der Waals surface area contributed by atoms with E-state index in [-0.39, 0.29) is 17.2 Å². The molecule has 7 heteroatoms. The minimum Gasteiger partial charge on any atom is -0.376 e. The highest BCUT2D eigenvalue weighted by Gasteiger charge is 2.12. The summed E-state index contributed by atoms with van der Waals surface area (Å²) in [6, 6.07) is 17.6. The quantitative estimate of drug-likeness (QED) is 0.375. The Hall–Kier alpha value is -3.48. The van der Waals surface area contributed by atoms with E-state index < -0.39 is 0 Å². The Bertz CT molecular complexity index is 979. The molecule has 2 aromatic heterocycles. The number of rotatable bonds is 7. The van der Waals surface area contributed by atoms with E-state index >= 15 is 0 Å². The Labute approximate surface area is 164 Å². The molecular weight excluding hydrogens is 350 g/mol. The van der Waals surface area contributed by atoms with E-state index in [1.807, 2.05) is 62.4 Å². The highest BCUT2D eigenvalue weighted by atomic mass is 15.3. The van der Waals surface area contributed by atoms with Gasteiger partial charge in [-0.1, -0.05) is 50.2 Å². The van der Waals surface area contributed by atoms with Crippen LogP contribution in [-0.2, 0) is 13.1 Å². The Morgan fingerprint density at radius 3 is 2.46 bits per heavy atom. The zero-order valence-corrected chi connectivity index (χ0v) is 16.1. The van der Waals surface area contributed by atoms with Crippen LogP contribution in [0, 0.1) is 16.7 Å². The average Bonchev–Trinajstić information content (AvgIpc) is 2.73. The third-order valence-electron chi connectivity index (χ3n) is 4.23. The lowest BCUT2D eigenvalue weighted by Gasteiger charge is -2.16. The fourth-order valence-corrected chi connectivity index (χ4v) is 2.62. The molecule has 0 aliphatic carbocycles. The molecule has 0 aliphatic rings. The van der Waals surface area contributed by atoms with Crippen LogP contribution in [-0.4, -0.2) is 20.6 Å². The lowest BCUT2D eigenvalue weighted by Crippen LogP contribution is -2.34. The number of pyridine rings is 1. The largest absolute Gasteiger partial charge is 0.376 e. The predicted octanol–water partition coefficient (Wildman–Crippen LogP) is 3.46. The standard InChI is InChI=1S/C21H25N7/c1-15(2)20(22)28-21(23)18(25-14-17-10-6-7-11-24-17)12-19(27-28)26-13-16-8-4-3-5-9-16/h3-12,15,22-23,25H,13-14H2,1-2H3,(H,26,27). The van der Waals surface area contributed by atoms with Gasteiger partial charge in [0.1, 0.15) is 11.7 Å². The number of nitrogens with one attached hydrogen (secondary N) is 4. The summed E-state index contributed by atoms with van der Waals surface area (Å²) in [5.41, 5.74) is 2.76. The number of anilines is 2. The molecule has 28 heavy (non-hydrogen) atoms. The highest BCUT2D eigenvalue weighted by molar-refractivity contribution is 5.83. The summed E-state index contributed by atoms with van der Waals surface area (Å²) in [6.07, 6.45) is 1.74. The lowest BCUT2D eigenvalue weighted by atomic mass is 10.2. The van der Waals surface area contributed by atoms with E-state index in [0.717, 1.165) is 11.3 Å². The van der Waals surface area contributed by atoms with Gasteiger partial charge in [0, 0.05) is 24.7 Å². The molecule has 1 aromatic carbocycles. The number of benzene rings is 1. The molecule has 0 atom stereocenters. The minimum atomic E-state index is -0.0467. The van der Waals surface area contributed by atoms with Crippen molar-refractivity contribution in [2.75, 3.05) is 10.6 Å². The summed E-state index contributed by atoms with van der Waals surface area (Å²) < 4.78 is 1.37. The molecule has 0 saturated carbocycles. The second kappa shape index (κ2) is 8.94. The van der Waals surface area contributed by atoms with Crippen LogP contribution in [0.5, 0.6) is 0 Å². The van der Waals surface area contributed by atoms with Gasteiger partial charge in [-0.05, 0) is 17.7 Å². The monoisotopic (exact) mass is 375 g/mol. The molecule has 0 spiro atoms. The number of hydrogen-bond acceptors (Lipinski definition) is 6. The SMILES string of the molecule is CC(C)C(=N)n1nc(NCc2ccccc2)cc(NCc2ccccn2)c1=N. The smallest absolute Gasteiger partial charge is 0.171 e. The topological polar surface area (TPSA) is 102 Å². The van der Waals surface area contributed by atoms with Crippen LogP contribution in [0.4, 0.5) is 11.5 Å². The van der Waals surface area contributed by atoms with Crippen LogP contribution >= 0.6 is 0 Å². The van der Waals surface area contributed by atoms with Crippen molar-refractivity contribution >= 4 is 17.3 Å². The van der Waals surface area contributed by atoms with Gasteiger partial charge in [0.25, 0.3) is 0 Å². The van der Waals surface area contributed by atoms with E-state index in [2.05, 4.69) is 20.7 Å². The second-order valence-corrected chi connectivity index (χ2v) is 6.76. The first-order valence-corrected chi connectivity index (χ1v) is 9.24. The van der Waals surface area contributed by atoms with Crippen molar-refractivity contribution in [1.82, 2.24) is 14.8 Å². The summed E-state index contributed by atoms with van der Waals surface area (Å²) in [5.74, 6) is 0.831. The number of nitrogens with zero attached hydrogens (tertiary/aromatic N) is 3. The lowest BCUT2D eigenvalue weighted by molar-refractivity contribution is 0.730. The molecule has 0 aliphatic heterocycles.